The topological polar surface area (TPSA) is 80.1 Å². The van der Waals surface area contributed by atoms with Gasteiger partial charge in [0.2, 0.25) is 11.8 Å². The minimum atomic E-state index is -0.108. The summed E-state index contributed by atoms with van der Waals surface area (Å²) in [4.78, 5) is 16.4. The van der Waals surface area contributed by atoms with Crippen molar-refractivity contribution in [3.8, 4) is 0 Å². The lowest BCUT2D eigenvalue weighted by Gasteiger charge is -2.34. The lowest BCUT2D eigenvalue weighted by Crippen LogP contribution is -2.42. The molecule has 1 saturated heterocycles. The van der Waals surface area contributed by atoms with Crippen LogP contribution >= 0.6 is 12.4 Å². The van der Waals surface area contributed by atoms with E-state index in [-0.39, 0.29) is 29.1 Å². The molecule has 7 heteroatoms. The third-order valence-electron chi connectivity index (χ3n) is 4.46. The number of piperidine rings is 1. The summed E-state index contributed by atoms with van der Waals surface area (Å²) < 4.78 is 5.24. The van der Waals surface area contributed by atoms with Gasteiger partial charge >= 0.3 is 0 Å². The Hall–Kier alpha value is -1.14. The van der Waals surface area contributed by atoms with E-state index >= 15 is 0 Å². The highest BCUT2D eigenvalue weighted by Crippen LogP contribution is 2.26. The Morgan fingerprint density at radius 1 is 1.33 bits per heavy atom. The summed E-state index contributed by atoms with van der Waals surface area (Å²) in [5.41, 5.74) is 0.123. The fraction of sp³-hybridized carbons (Fsp3) is 0.824. The minimum Gasteiger partial charge on any atom is -0.356 e. The second kappa shape index (κ2) is 8.81. The molecule has 2 heterocycles. The van der Waals surface area contributed by atoms with Crippen molar-refractivity contribution in [3.05, 3.63) is 11.7 Å². The van der Waals surface area contributed by atoms with Crippen molar-refractivity contribution < 1.29 is 9.32 Å². The number of halogens is 1. The molecule has 1 fully saturated rings. The van der Waals surface area contributed by atoms with E-state index in [4.69, 9.17) is 4.52 Å². The van der Waals surface area contributed by atoms with Crippen LogP contribution in [-0.2, 0) is 16.6 Å². The molecule has 24 heavy (non-hydrogen) atoms. The van der Waals surface area contributed by atoms with Crippen molar-refractivity contribution in [2.75, 3.05) is 19.6 Å². The number of aromatic nitrogens is 2. The van der Waals surface area contributed by atoms with E-state index in [1.165, 1.54) is 0 Å². The van der Waals surface area contributed by atoms with Gasteiger partial charge in [-0.25, -0.2) is 0 Å². The Morgan fingerprint density at radius 2 is 2.00 bits per heavy atom. The predicted molar refractivity (Wildman–Crippen MR) is 96.4 cm³/mol. The largest absolute Gasteiger partial charge is 0.356 e. The summed E-state index contributed by atoms with van der Waals surface area (Å²) >= 11 is 0. The van der Waals surface area contributed by atoms with Crippen molar-refractivity contribution >= 4 is 18.3 Å². The van der Waals surface area contributed by atoms with Crippen LogP contribution in [0.2, 0.25) is 0 Å². The summed E-state index contributed by atoms with van der Waals surface area (Å²) in [5.74, 6) is 1.45. The van der Waals surface area contributed by atoms with Crippen LogP contribution in [0.3, 0.4) is 0 Å². The first-order valence-electron chi connectivity index (χ1n) is 8.59. The average molecular weight is 359 g/mol. The van der Waals surface area contributed by atoms with E-state index in [0.717, 1.165) is 44.7 Å². The number of hydrogen-bond donors (Lipinski definition) is 2. The van der Waals surface area contributed by atoms with Gasteiger partial charge in [0, 0.05) is 24.8 Å². The molecule has 0 aromatic carbocycles. The highest BCUT2D eigenvalue weighted by Gasteiger charge is 2.27. The van der Waals surface area contributed by atoms with Gasteiger partial charge in [0.05, 0.1) is 0 Å². The number of carbonyl (C=O) groups excluding carboxylic acids is 1. The van der Waals surface area contributed by atoms with Crippen LogP contribution in [0.1, 0.15) is 65.1 Å². The van der Waals surface area contributed by atoms with Gasteiger partial charge in [0.15, 0.2) is 5.82 Å². The van der Waals surface area contributed by atoms with Crippen LogP contribution in [0.25, 0.3) is 0 Å². The fourth-order valence-corrected chi connectivity index (χ4v) is 2.67. The Kier molecular flexibility index (Phi) is 7.67. The maximum Gasteiger partial charge on any atom is 0.226 e. The second-order valence-electron chi connectivity index (χ2n) is 7.95. The molecule has 1 aliphatic heterocycles. The molecule has 1 aromatic heterocycles. The molecule has 1 amide bonds. The highest BCUT2D eigenvalue weighted by atomic mass is 35.5. The molecule has 0 spiro atoms. The van der Waals surface area contributed by atoms with Crippen molar-refractivity contribution in [2.24, 2.45) is 5.41 Å². The first-order chi connectivity index (χ1) is 10.8. The molecule has 1 aliphatic rings. The zero-order chi connectivity index (χ0) is 16.9. The summed E-state index contributed by atoms with van der Waals surface area (Å²) in [6.07, 6.45) is 4.12. The van der Waals surface area contributed by atoms with Gasteiger partial charge in [-0.2, -0.15) is 4.98 Å². The predicted octanol–water partition coefficient (Wildman–Crippen LogP) is 2.62. The van der Waals surface area contributed by atoms with Crippen LogP contribution in [0.4, 0.5) is 0 Å². The van der Waals surface area contributed by atoms with Crippen LogP contribution < -0.4 is 10.6 Å². The molecule has 1 aromatic rings. The Bertz CT molecular complexity index is 519. The Morgan fingerprint density at radius 3 is 2.58 bits per heavy atom. The number of rotatable bonds is 6. The zero-order valence-corrected chi connectivity index (χ0v) is 16.1. The van der Waals surface area contributed by atoms with Gasteiger partial charge in [0.25, 0.3) is 0 Å². The monoisotopic (exact) mass is 358 g/mol. The van der Waals surface area contributed by atoms with Crippen molar-refractivity contribution in [1.29, 1.82) is 0 Å². The molecule has 0 bridgehead atoms. The fourth-order valence-electron chi connectivity index (χ4n) is 2.67. The van der Waals surface area contributed by atoms with E-state index < -0.39 is 0 Å². The van der Waals surface area contributed by atoms with E-state index in [1.54, 1.807) is 0 Å². The number of nitrogens with zero attached hydrogens (tertiary/aromatic N) is 2. The molecule has 0 radical (unpaired) electrons. The molecule has 0 saturated carbocycles. The maximum absolute atomic E-state index is 12.0. The first-order valence-corrected chi connectivity index (χ1v) is 8.59. The summed E-state index contributed by atoms with van der Waals surface area (Å²) in [6, 6.07) is 0. The minimum absolute atomic E-state index is 0. The average Bonchev–Trinajstić information content (AvgIpc) is 2.95. The third-order valence-corrected chi connectivity index (χ3v) is 4.46. The molecule has 6 nitrogen and oxygen atoms in total. The molecular formula is C17H31ClN4O2. The second-order valence-corrected chi connectivity index (χ2v) is 7.95. The summed E-state index contributed by atoms with van der Waals surface area (Å²) in [5, 5.41) is 10.4. The lowest BCUT2D eigenvalue weighted by atomic mass is 9.81. The van der Waals surface area contributed by atoms with Crippen molar-refractivity contribution in [2.45, 2.75) is 65.2 Å². The van der Waals surface area contributed by atoms with E-state index in [0.29, 0.717) is 18.7 Å². The van der Waals surface area contributed by atoms with E-state index in [2.05, 4.69) is 48.5 Å². The smallest absolute Gasteiger partial charge is 0.226 e. The number of nitrogens with one attached hydrogen (secondary N) is 2. The molecule has 2 N–H and O–H groups in total. The number of hydrogen-bond acceptors (Lipinski definition) is 5. The molecule has 2 rings (SSSR count). The first kappa shape index (κ1) is 20.9. The highest BCUT2D eigenvalue weighted by molar-refractivity contribution is 5.85. The maximum atomic E-state index is 12.0. The van der Waals surface area contributed by atoms with E-state index in [9.17, 15) is 4.79 Å². The van der Waals surface area contributed by atoms with Crippen LogP contribution in [0, 0.1) is 5.41 Å². The van der Waals surface area contributed by atoms with Gasteiger partial charge in [-0.1, -0.05) is 32.9 Å². The molecule has 0 atom stereocenters. The third kappa shape index (κ3) is 6.40. The summed E-state index contributed by atoms with van der Waals surface area (Å²) in [6.45, 7) is 11.3. The Balaban J connectivity index is 0.00000288. The lowest BCUT2D eigenvalue weighted by molar-refractivity contribution is -0.121. The number of amides is 1. The van der Waals surface area contributed by atoms with Gasteiger partial charge in [-0.3, -0.25) is 4.79 Å². The normalized spacial score (nSPS) is 17.2. The van der Waals surface area contributed by atoms with Crippen LogP contribution in [0.15, 0.2) is 4.52 Å². The molecular weight excluding hydrogens is 328 g/mol. The standard InChI is InChI=1S/C17H30N4O2.ClH/c1-16(2,3)15-20-14(23-21-15)7-5-6-13(22)19-12-17(4)8-10-18-11-9-17;/h18H,5-12H2,1-4H3,(H,19,22);1H. The van der Waals surface area contributed by atoms with Crippen LogP contribution in [0.5, 0.6) is 0 Å². The van der Waals surface area contributed by atoms with Gasteiger partial charge in [-0.05, 0) is 37.8 Å². The number of aryl methyl sites for hydroxylation is 1. The van der Waals surface area contributed by atoms with E-state index in [1.807, 2.05) is 0 Å². The molecule has 138 valence electrons. The van der Waals surface area contributed by atoms with Crippen LogP contribution in [-0.4, -0.2) is 35.7 Å². The number of carbonyl (C=O) groups is 1. The van der Waals surface area contributed by atoms with Crippen molar-refractivity contribution in [1.82, 2.24) is 20.8 Å². The zero-order valence-electron chi connectivity index (χ0n) is 15.3. The van der Waals surface area contributed by atoms with Gasteiger partial charge in [-0.15, -0.1) is 12.4 Å². The van der Waals surface area contributed by atoms with Crippen molar-refractivity contribution in [3.63, 3.8) is 0 Å². The molecule has 0 aliphatic carbocycles. The quantitative estimate of drug-likeness (QED) is 0.817. The van der Waals surface area contributed by atoms with Gasteiger partial charge < -0.3 is 15.2 Å². The molecule has 0 unspecified atom stereocenters. The summed E-state index contributed by atoms with van der Waals surface area (Å²) in [7, 11) is 0. The van der Waals surface area contributed by atoms with Gasteiger partial charge in [0.1, 0.15) is 0 Å². The SMILES string of the molecule is CC1(CNC(=O)CCCc2nc(C(C)(C)C)no2)CCNCC1.Cl. The Labute approximate surface area is 150 Å².